The predicted octanol–water partition coefficient (Wildman–Crippen LogP) is 3.62. The molecule has 7 heteroatoms. The molecule has 0 bridgehead atoms. The van der Waals surface area contributed by atoms with Crippen LogP contribution in [0.1, 0.15) is 24.5 Å². The fourth-order valence-electron chi connectivity index (χ4n) is 1.53. The molecule has 0 saturated carbocycles. The molecule has 21 heavy (non-hydrogen) atoms. The van der Waals surface area contributed by atoms with E-state index in [1.54, 1.807) is 0 Å². The van der Waals surface area contributed by atoms with E-state index in [9.17, 15) is 13.2 Å². The summed E-state index contributed by atoms with van der Waals surface area (Å²) in [5.41, 5.74) is 2.18. The summed E-state index contributed by atoms with van der Waals surface area (Å²) in [5, 5.41) is 5.60. The molecule has 0 heterocycles. The van der Waals surface area contributed by atoms with Gasteiger partial charge in [-0.3, -0.25) is 0 Å². The lowest BCUT2D eigenvalue weighted by Gasteiger charge is -2.12. The number of aryl methyl sites for hydroxylation is 1. The van der Waals surface area contributed by atoms with Gasteiger partial charge >= 0.3 is 6.18 Å². The van der Waals surface area contributed by atoms with Gasteiger partial charge in [0.2, 0.25) is 0 Å². The third-order valence-corrected chi connectivity index (χ3v) is 2.59. The maximum absolute atomic E-state index is 12.1. The lowest BCUT2D eigenvalue weighted by Crippen LogP contribution is -2.38. The molecule has 0 saturated heterocycles. The summed E-state index contributed by atoms with van der Waals surface area (Å²) in [6.45, 7) is 4.72. The maximum atomic E-state index is 12.1. The second-order valence-corrected chi connectivity index (χ2v) is 4.47. The lowest BCUT2D eigenvalue weighted by atomic mass is 10.1. The molecule has 1 aromatic carbocycles. The molecule has 0 aliphatic rings. The molecule has 0 radical (unpaired) electrons. The van der Waals surface area contributed by atoms with E-state index in [2.05, 4.69) is 15.6 Å². The molecule has 0 aliphatic carbocycles. The van der Waals surface area contributed by atoms with Gasteiger partial charge in [-0.05, 0) is 19.4 Å². The van der Waals surface area contributed by atoms with Gasteiger partial charge in [0.05, 0.1) is 13.0 Å². The molecule has 3 nitrogen and oxygen atoms in total. The zero-order chi connectivity index (χ0) is 15.0. The average Bonchev–Trinajstić information content (AvgIpc) is 2.36. The van der Waals surface area contributed by atoms with E-state index in [0.29, 0.717) is 19.0 Å². The van der Waals surface area contributed by atoms with Gasteiger partial charge in [-0.1, -0.05) is 29.8 Å². The highest BCUT2D eigenvalue weighted by atomic mass is 127. The summed E-state index contributed by atoms with van der Waals surface area (Å²) in [7, 11) is 0. The van der Waals surface area contributed by atoms with Gasteiger partial charge in [-0.15, -0.1) is 24.0 Å². The molecular weight excluding hydrogens is 394 g/mol. The van der Waals surface area contributed by atoms with Crippen LogP contribution in [0.15, 0.2) is 29.3 Å². The first-order valence-corrected chi connectivity index (χ1v) is 6.55. The highest BCUT2D eigenvalue weighted by molar-refractivity contribution is 14.0. The average molecular weight is 415 g/mol. The first-order chi connectivity index (χ1) is 9.40. The summed E-state index contributed by atoms with van der Waals surface area (Å²) in [6.07, 6.45) is -5.02. The Kier molecular flexibility index (Phi) is 9.39. The minimum Gasteiger partial charge on any atom is -0.357 e. The normalized spacial score (nSPS) is 11.8. The number of guanidine groups is 1. The molecule has 0 aliphatic heterocycles. The third-order valence-electron chi connectivity index (χ3n) is 2.59. The molecule has 0 aromatic heterocycles. The van der Waals surface area contributed by atoms with Crippen LogP contribution in [0.25, 0.3) is 0 Å². The number of aliphatic imine (C=N–C) groups is 1. The van der Waals surface area contributed by atoms with Crippen molar-refractivity contribution in [3.05, 3.63) is 35.4 Å². The fourth-order valence-corrected chi connectivity index (χ4v) is 1.53. The van der Waals surface area contributed by atoms with E-state index in [0.717, 1.165) is 11.1 Å². The topological polar surface area (TPSA) is 36.4 Å². The van der Waals surface area contributed by atoms with Crippen molar-refractivity contribution in [2.45, 2.75) is 33.0 Å². The zero-order valence-electron chi connectivity index (χ0n) is 12.1. The monoisotopic (exact) mass is 415 g/mol. The van der Waals surface area contributed by atoms with Crippen LogP contribution in [0.2, 0.25) is 0 Å². The summed E-state index contributed by atoms with van der Waals surface area (Å²) in [4.78, 5) is 4.26. The largest absolute Gasteiger partial charge is 0.390 e. The van der Waals surface area contributed by atoms with Crippen molar-refractivity contribution in [2.24, 2.45) is 4.99 Å². The number of benzene rings is 1. The van der Waals surface area contributed by atoms with Crippen LogP contribution in [-0.4, -0.2) is 25.2 Å². The Morgan fingerprint density at radius 1 is 1.14 bits per heavy atom. The number of nitrogens with one attached hydrogen (secondary N) is 2. The minimum atomic E-state index is -4.15. The van der Waals surface area contributed by atoms with Crippen molar-refractivity contribution < 1.29 is 13.2 Å². The first-order valence-electron chi connectivity index (χ1n) is 6.55. The predicted molar refractivity (Wildman–Crippen MR) is 90.1 cm³/mol. The molecular formula is C14H21F3IN3. The molecule has 0 atom stereocenters. The molecule has 120 valence electrons. The zero-order valence-corrected chi connectivity index (χ0v) is 14.5. The van der Waals surface area contributed by atoms with Gasteiger partial charge in [0, 0.05) is 13.1 Å². The number of hydrogen-bond acceptors (Lipinski definition) is 1. The van der Waals surface area contributed by atoms with Crippen molar-refractivity contribution in [1.82, 2.24) is 10.6 Å². The van der Waals surface area contributed by atoms with E-state index in [-0.39, 0.29) is 30.5 Å². The van der Waals surface area contributed by atoms with Gasteiger partial charge in [-0.25, -0.2) is 4.99 Å². The minimum absolute atomic E-state index is 0. The molecule has 0 spiro atoms. The van der Waals surface area contributed by atoms with Crippen molar-refractivity contribution in [2.75, 3.05) is 13.1 Å². The molecule has 0 amide bonds. The SMILES string of the molecule is CCNC(=NCc1ccc(C)cc1)NCCC(F)(F)F.I. The first kappa shape index (κ1) is 20.0. The second kappa shape index (κ2) is 9.86. The van der Waals surface area contributed by atoms with Crippen molar-refractivity contribution >= 4 is 29.9 Å². The summed E-state index contributed by atoms with van der Waals surface area (Å²) < 4.78 is 36.2. The Bertz CT molecular complexity index is 430. The summed E-state index contributed by atoms with van der Waals surface area (Å²) in [5.74, 6) is 0.400. The lowest BCUT2D eigenvalue weighted by molar-refractivity contribution is -0.132. The van der Waals surface area contributed by atoms with Crippen LogP contribution in [0.4, 0.5) is 13.2 Å². The van der Waals surface area contributed by atoms with Crippen molar-refractivity contribution in [3.63, 3.8) is 0 Å². The van der Waals surface area contributed by atoms with Gasteiger partial charge in [0.25, 0.3) is 0 Å². The number of halogens is 4. The van der Waals surface area contributed by atoms with Crippen LogP contribution in [0, 0.1) is 6.92 Å². The maximum Gasteiger partial charge on any atom is 0.390 e. The standard InChI is InChI=1S/C14H20F3N3.HI/c1-3-18-13(19-9-8-14(15,16)17)20-10-12-6-4-11(2)5-7-12;/h4-7H,3,8-10H2,1-2H3,(H2,18,19,20);1H. The van der Waals surface area contributed by atoms with E-state index in [1.807, 2.05) is 38.1 Å². The van der Waals surface area contributed by atoms with Crippen LogP contribution in [0.5, 0.6) is 0 Å². The van der Waals surface area contributed by atoms with Crippen molar-refractivity contribution in [3.8, 4) is 0 Å². The van der Waals surface area contributed by atoms with E-state index in [4.69, 9.17) is 0 Å². The Morgan fingerprint density at radius 3 is 2.29 bits per heavy atom. The Morgan fingerprint density at radius 2 is 1.76 bits per heavy atom. The summed E-state index contributed by atoms with van der Waals surface area (Å²) in [6, 6.07) is 7.87. The number of rotatable bonds is 5. The second-order valence-electron chi connectivity index (χ2n) is 4.47. The molecule has 2 N–H and O–H groups in total. The quantitative estimate of drug-likeness (QED) is 0.438. The van der Waals surface area contributed by atoms with Crippen LogP contribution < -0.4 is 10.6 Å². The molecule has 0 fully saturated rings. The van der Waals surface area contributed by atoms with Crippen LogP contribution >= 0.6 is 24.0 Å². The number of hydrogen-bond donors (Lipinski definition) is 2. The third kappa shape index (κ3) is 9.54. The van der Waals surface area contributed by atoms with Crippen LogP contribution in [-0.2, 0) is 6.54 Å². The number of alkyl halides is 3. The molecule has 1 aromatic rings. The van der Waals surface area contributed by atoms with E-state index in [1.165, 1.54) is 0 Å². The highest BCUT2D eigenvalue weighted by Crippen LogP contribution is 2.18. The van der Waals surface area contributed by atoms with Crippen molar-refractivity contribution in [1.29, 1.82) is 0 Å². The Hall–Kier alpha value is -0.990. The van der Waals surface area contributed by atoms with Gasteiger partial charge in [-0.2, -0.15) is 13.2 Å². The Balaban J connectivity index is 0.00000400. The van der Waals surface area contributed by atoms with Crippen LogP contribution in [0.3, 0.4) is 0 Å². The molecule has 0 unspecified atom stereocenters. The summed E-state index contributed by atoms with van der Waals surface area (Å²) >= 11 is 0. The van der Waals surface area contributed by atoms with E-state index >= 15 is 0 Å². The van der Waals surface area contributed by atoms with Gasteiger partial charge in [0.1, 0.15) is 0 Å². The fraction of sp³-hybridized carbons (Fsp3) is 0.500. The smallest absolute Gasteiger partial charge is 0.357 e. The molecule has 1 rings (SSSR count). The van der Waals surface area contributed by atoms with Gasteiger partial charge in [0.15, 0.2) is 5.96 Å². The van der Waals surface area contributed by atoms with Gasteiger partial charge < -0.3 is 10.6 Å². The number of nitrogens with zero attached hydrogens (tertiary/aromatic N) is 1. The van der Waals surface area contributed by atoms with E-state index < -0.39 is 12.6 Å². The highest BCUT2D eigenvalue weighted by Gasteiger charge is 2.26. The Labute approximate surface area is 140 Å².